The highest BCUT2D eigenvalue weighted by atomic mass is 35.5. The predicted octanol–water partition coefficient (Wildman–Crippen LogP) is 2.34. The number of aromatic nitrogens is 2. The average Bonchev–Trinajstić information content (AvgIpc) is 2.23. The van der Waals surface area contributed by atoms with Crippen molar-refractivity contribution in [2.75, 3.05) is 35.7 Å². The van der Waals surface area contributed by atoms with Crippen molar-refractivity contribution in [2.24, 2.45) is 0 Å². The molecule has 0 radical (unpaired) electrons. The van der Waals surface area contributed by atoms with E-state index in [1.807, 2.05) is 6.92 Å². The second-order valence-electron chi connectivity index (χ2n) is 2.84. The lowest BCUT2D eigenvalue weighted by molar-refractivity contribution is 1.07. The van der Waals surface area contributed by atoms with Crippen LogP contribution in [0.4, 0.5) is 11.8 Å². The van der Waals surface area contributed by atoms with Gasteiger partial charge in [0.1, 0.15) is 5.02 Å². The Bertz CT molecular complexity index is 308. The highest BCUT2D eigenvalue weighted by molar-refractivity contribution is 7.98. The van der Waals surface area contributed by atoms with Gasteiger partial charge in [-0.25, -0.2) is 4.98 Å². The largest absolute Gasteiger partial charge is 0.368 e. The standard InChI is InChI=1S/C9H15ClN4S/c1-3-11-9-13-6-7(10)8(14-9)12-4-5-15-2/h6H,3-5H2,1-2H3,(H2,11,12,13,14). The zero-order valence-corrected chi connectivity index (χ0v) is 10.5. The van der Waals surface area contributed by atoms with E-state index in [1.54, 1.807) is 18.0 Å². The Hall–Kier alpha value is -0.680. The molecule has 0 bridgehead atoms. The van der Waals surface area contributed by atoms with Crippen molar-refractivity contribution in [3.63, 3.8) is 0 Å². The van der Waals surface area contributed by atoms with E-state index >= 15 is 0 Å². The first-order valence-corrected chi connectivity index (χ1v) is 6.54. The minimum Gasteiger partial charge on any atom is -0.368 e. The van der Waals surface area contributed by atoms with Crippen molar-refractivity contribution in [1.29, 1.82) is 0 Å². The van der Waals surface area contributed by atoms with Crippen LogP contribution < -0.4 is 10.6 Å². The van der Waals surface area contributed by atoms with Crippen LogP contribution in [0.3, 0.4) is 0 Å². The smallest absolute Gasteiger partial charge is 0.224 e. The van der Waals surface area contributed by atoms with Gasteiger partial charge in [0.15, 0.2) is 5.82 Å². The molecule has 0 aliphatic rings. The van der Waals surface area contributed by atoms with Crippen LogP contribution in [0, 0.1) is 0 Å². The monoisotopic (exact) mass is 246 g/mol. The summed E-state index contributed by atoms with van der Waals surface area (Å²) in [6.07, 6.45) is 3.67. The Morgan fingerprint density at radius 3 is 2.93 bits per heavy atom. The fourth-order valence-corrected chi connectivity index (χ4v) is 1.47. The molecule has 0 fully saturated rings. The molecular weight excluding hydrogens is 232 g/mol. The molecule has 6 heteroatoms. The predicted molar refractivity (Wildman–Crippen MR) is 68.1 cm³/mol. The third-order valence-corrected chi connectivity index (χ3v) is 2.57. The minimum atomic E-state index is 0.553. The van der Waals surface area contributed by atoms with Gasteiger partial charge in [-0.3, -0.25) is 0 Å². The van der Waals surface area contributed by atoms with Gasteiger partial charge in [0.2, 0.25) is 5.95 Å². The van der Waals surface area contributed by atoms with Crippen molar-refractivity contribution in [3.05, 3.63) is 11.2 Å². The molecule has 0 aliphatic heterocycles. The summed E-state index contributed by atoms with van der Waals surface area (Å²) in [5, 5.41) is 6.76. The number of anilines is 2. The van der Waals surface area contributed by atoms with Crippen LogP contribution in [0.2, 0.25) is 5.02 Å². The molecule has 15 heavy (non-hydrogen) atoms. The first kappa shape index (κ1) is 12.4. The molecule has 4 nitrogen and oxygen atoms in total. The van der Waals surface area contributed by atoms with Gasteiger partial charge >= 0.3 is 0 Å². The lowest BCUT2D eigenvalue weighted by Crippen LogP contribution is -2.09. The minimum absolute atomic E-state index is 0.553. The van der Waals surface area contributed by atoms with Crippen molar-refractivity contribution < 1.29 is 0 Å². The third kappa shape index (κ3) is 4.13. The van der Waals surface area contributed by atoms with Crippen LogP contribution in [0.1, 0.15) is 6.92 Å². The quantitative estimate of drug-likeness (QED) is 0.755. The van der Waals surface area contributed by atoms with E-state index in [9.17, 15) is 0 Å². The third-order valence-electron chi connectivity index (χ3n) is 1.68. The summed E-state index contributed by atoms with van der Waals surface area (Å²) in [6.45, 7) is 3.65. The second-order valence-corrected chi connectivity index (χ2v) is 4.23. The first-order valence-electron chi connectivity index (χ1n) is 4.77. The molecule has 2 N–H and O–H groups in total. The first-order chi connectivity index (χ1) is 7.27. The summed E-state index contributed by atoms with van der Waals surface area (Å²) >= 11 is 7.73. The second kappa shape index (κ2) is 6.74. The van der Waals surface area contributed by atoms with E-state index in [4.69, 9.17) is 11.6 Å². The number of halogens is 1. The van der Waals surface area contributed by atoms with Crippen LogP contribution in [0.25, 0.3) is 0 Å². The fourth-order valence-electron chi connectivity index (χ4n) is 1.01. The molecule has 1 rings (SSSR count). The van der Waals surface area contributed by atoms with E-state index in [0.29, 0.717) is 16.8 Å². The zero-order valence-electron chi connectivity index (χ0n) is 8.88. The zero-order chi connectivity index (χ0) is 11.1. The maximum absolute atomic E-state index is 5.95. The molecule has 0 spiro atoms. The Kier molecular flexibility index (Phi) is 5.57. The van der Waals surface area contributed by atoms with E-state index in [-0.39, 0.29) is 0 Å². The van der Waals surface area contributed by atoms with Gasteiger partial charge in [0.25, 0.3) is 0 Å². The molecule has 84 valence electrons. The van der Waals surface area contributed by atoms with Crippen LogP contribution in [0.15, 0.2) is 6.20 Å². The van der Waals surface area contributed by atoms with Crippen LogP contribution in [-0.2, 0) is 0 Å². The van der Waals surface area contributed by atoms with E-state index in [0.717, 1.165) is 18.8 Å². The SMILES string of the molecule is CCNc1ncc(Cl)c(NCCSC)n1. The van der Waals surface area contributed by atoms with Crippen molar-refractivity contribution in [1.82, 2.24) is 9.97 Å². The van der Waals surface area contributed by atoms with E-state index in [1.165, 1.54) is 0 Å². The number of hydrogen-bond acceptors (Lipinski definition) is 5. The molecule has 0 saturated carbocycles. The van der Waals surface area contributed by atoms with Gasteiger partial charge < -0.3 is 10.6 Å². The van der Waals surface area contributed by atoms with E-state index < -0.39 is 0 Å². The summed E-state index contributed by atoms with van der Waals surface area (Å²) in [6, 6.07) is 0. The average molecular weight is 247 g/mol. The Balaban J connectivity index is 2.63. The van der Waals surface area contributed by atoms with Gasteiger partial charge in [-0.15, -0.1) is 0 Å². The summed E-state index contributed by atoms with van der Waals surface area (Å²) in [4.78, 5) is 8.32. The van der Waals surface area contributed by atoms with Crippen molar-refractivity contribution in [2.45, 2.75) is 6.92 Å². The number of nitrogens with one attached hydrogen (secondary N) is 2. The molecule has 0 amide bonds. The van der Waals surface area contributed by atoms with Gasteiger partial charge in [0, 0.05) is 18.8 Å². The molecule has 1 aromatic heterocycles. The molecule has 0 atom stereocenters. The highest BCUT2D eigenvalue weighted by Gasteiger charge is 2.03. The molecule has 1 heterocycles. The number of nitrogens with zero attached hydrogens (tertiary/aromatic N) is 2. The summed E-state index contributed by atoms with van der Waals surface area (Å²) in [5.74, 6) is 2.32. The molecular formula is C9H15ClN4S. The maximum atomic E-state index is 5.95. The van der Waals surface area contributed by atoms with Crippen LogP contribution >= 0.6 is 23.4 Å². The Morgan fingerprint density at radius 2 is 2.27 bits per heavy atom. The van der Waals surface area contributed by atoms with E-state index in [2.05, 4.69) is 26.9 Å². The summed E-state index contributed by atoms with van der Waals surface area (Å²) in [5.41, 5.74) is 0. The van der Waals surface area contributed by atoms with Crippen molar-refractivity contribution >= 4 is 35.1 Å². The lowest BCUT2D eigenvalue weighted by atomic mass is 10.5. The highest BCUT2D eigenvalue weighted by Crippen LogP contribution is 2.19. The van der Waals surface area contributed by atoms with Gasteiger partial charge in [0.05, 0.1) is 6.20 Å². The number of hydrogen-bond donors (Lipinski definition) is 2. The van der Waals surface area contributed by atoms with Crippen LogP contribution in [-0.4, -0.2) is 35.1 Å². The normalized spacial score (nSPS) is 10.1. The number of thioether (sulfide) groups is 1. The fraction of sp³-hybridized carbons (Fsp3) is 0.556. The van der Waals surface area contributed by atoms with Gasteiger partial charge in [-0.1, -0.05) is 11.6 Å². The van der Waals surface area contributed by atoms with Gasteiger partial charge in [-0.2, -0.15) is 16.7 Å². The lowest BCUT2D eigenvalue weighted by Gasteiger charge is -2.08. The molecule has 0 aliphatic carbocycles. The van der Waals surface area contributed by atoms with Crippen molar-refractivity contribution in [3.8, 4) is 0 Å². The summed E-state index contributed by atoms with van der Waals surface area (Å²) in [7, 11) is 0. The molecule has 1 aromatic rings. The Morgan fingerprint density at radius 1 is 1.47 bits per heavy atom. The molecule has 0 aromatic carbocycles. The number of rotatable bonds is 6. The maximum Gasteiger partial charge on any atom is 0.224 e. The topological polar surface area (TPSA) is 49.8 Å². The molecule has 0 saturated heterocycles. The Labute approximate surface area is 99.2 Å². The summed E-state index contributed by atoms with van der Waals surface area (Å²) < 4.78 is 0. The molecule has 0 unspecified atom stereocenters. The van der Waals surface area contributed by atoms with Crippen LogP contribution in [0.5, 0.6) is 0 Å². The van der Waals surface area contributed by atoms with Gasteiger partial charge in [-0.05, 0) is 13.2 Å².